The fraction of sp³-hybridized carbons (Fsp3) is 0.708. The summed E-state index contributed by atoms with van der Waals surface area (Å²) in [6.07, 6.45) is 4.13. The SMILES string of the molecule is CCCO[C@H](CC(C(C)C)N(CCC)C(=O)[C@@H](NC(=O)[C@H]1CCCCN1C)[C@@H](C)CC)c1nc(C(=O)N[C@H]2Cc3ccc(F)cc3[C@H](C(=O)OC(C)CNC(=O)OC(C)(C)C)C2)cs1. The smallest absolute Gasteiger partial charge is 0.407 e. The maximum atomic E-state index is 14.7. The number of carbonyl (C=O) groups excluding carboxylic acids is 5. The van der Waals surface area contributed by atoms with Crippen LogP contribution in [0, 0.1) is 17.7 Å². The Balaban J connectivity index is 1.51. The molecule has 0 radical (unpaired) electrons. The van der Waals surface area contributed by atoms with Gasteiger partial charge in [-0.2, -0.15) is 0 Å². The number of hydrogen-bond donors (Lipinski definition) is 3. The van der Waals surface area contributed by atoms with E-state index in [0.29, 0.717) is 42.1 Å². The minimum Gasteiger partial charge on any atom is -0.460 e. The van der Waals surface area contributed by atoms with Crippen LogP contribution >= 0.6 is 11.3 Å². The van der Waals surface area contributed by atoms with Crippen LogP contribution in [-0.2, 0) is 35.0 Å². The molecule has 1 aliphatic heterocycles. The van der Waals surface area contributed by atoms with Gasteiger partial charge >= 0.3 is 12.1 Å². The third-order valence-corrected chi connectivity index (χ3v) is 13.1. The van der Waals surface area contributed by atoms with Crippen molar-refractivity contribution in [2.45, 2.75) is 175 Å². The molecule has 2 unspecified atom stereocenters. The van der Waals surface area contributed by atoms with E-state index in [9.17, 15) is 28.4 Å². The highest BCUT2D eigenvalue weighted by Gasteiger charge is 2.39. The van der Waals surface area contributed by atoms with E-state index in [4.69, 9.17) is 19.2 Å². The molecule has 64 heavy (non-hydrogen) atoms. The van der Waals surface area contributed by atoms with E-state index in [2.05, 4.69) is 34.7 Å². The minimum atomic E-state index is -0.866. The summed E-state index contributed by atoms with van der Waals surface area (Å²) in [6.45, 7) is 21.0. The highest BCUT2D eigenvalue weighted by Crippen LogP contribution is 2.35. The van der Waals surface area contributed by atoms with Gasteiger partial charge in [-0.3, -0.25) is 24.1 Å². The normalized spacial score (nSPS) is 20.2. The highest BCUT2D eigenvalue weighted by molar-refractivity contribution is 7.09. The van der Waals surface area contributed by atoms with Gasteiger partial charge in [-0.15, -0.1) is 11.3 Å². The first-order valence-corrected chi connectivity index (χ1v) is 24.3. The predicted molar refractivity (Wildman–Crippen MR) is 247 cm³/mol. The van der Waals surface area contributed by atoms with Gasteiger partial charge in [-0.05, 0) is 115 Å². The molecule has 14 nitrogen and oxygen atoms in total. The molecule has 8 atom stereocenters. The van der Waals surface area contributed by atoms with Gasteiger partial charge in [0.2, 0.25) is 11.8 Å². The molecule has 4 amide bonds. The lowest BCUT2D eigenvalue weighted by atomic mass is 9.80. The van der Waals surface area contributed by atoms with Crippen LogP contribution in [0.5, 0.6) is 0 Å². The second-order valence-corrected chi connectivity index (χ2v) is 19.9. The molecule has 1 saturated heterocycles. The van der Waals surface area contributed by atoms with E-state index in [-0.39, 0.29) is 54.4 Å². The Morgan fingerprint density at radius 1 is 1.05 bits per heavy atom. The first-order chi connectivity index (χ1) is 30.3. The molecule has 1 aromatic heterocycles. The molecule has 2 aromatic rings. The number of nitrogens with zero attached hydrogens (tertiary/aromatic N) is 3. The third-order valence-electron chi connectivity index (χ3n) is 12.1. The molecule has 0 saturated carbocycles. The molecule has 4 rings (SSSR count). The molecule has 1 fully saturated rings. The monoisotopic (exact) mass is 915 g/mol. The second kappa shape index (κ2) is 24.4. The molecule has 2 aliphatic rings. The van der Waals surface area contributed by atoms with Crippen molar-refractivity contribution in [2.24, 2.45) is 11.8 Å². The molecule has 16 heteroatoms. The van der Waals surface area contributed by atoms with Crippen LogP contribution in [0.3, 0.4) is 0 Å². The van der Waals surface area contributed by atoms with Crippen LogP contribution in [0.15, 0.2) is 23.6 Å². The summed E-state index contributed by atoms with van der Waals surface area (Å²) in [5, 5.41) is 11.2. The molecule has 2 heterocycles. The number of hydrogen-bond acceptors (Lipinski definition) is 11. The lowest BCUT2D eigenvalue weighted by Gasteiger charge is -2.40. The Hall–Kier alpha value is -4.15. The second-order valence-electron chi connectivity index (χ2n) is 19.0. The Morgan fingerprint density at radius 2 is 1.78 bits per heavy atom. The summed E-state index contributed by atoms with van der Waals surface area (Å²) in [7, 11) is 1.97. The number of halogens is 1. The average Bonchev–Trinajstić information content (AvgIpc) is 3.74. The van der Waals surface area contributed by atoms with E-state index in [1.54, 1.807) is 39.1 Å². The highest BCUT2D eigenvalue weighted by atomic mass is 32.1. The topological polar surface area (TPSA) is 168 Å². The summed E-state index contributed by atoms with van der Waals surface area (Å²) in [6, 6.07) is 2.61. The Bertz CT molecular complexity index is 1870. The number of likely N-dealkylation sites (N-methyl/N-ethyl adjacent to an activating group) is 1. The summed E-state index contributed by atoms with van der Waals surface area (Å²) in [5.74, 6) is -2.61. The van der Waals surface area contributed by atoms with Gasteiger partial charge in [0.05, 0.1) is 18.5 Å². The number of thiazole rings is 1. The summed E-state index contributed by atoms with van der Waals surface area (Å²) in [5.41, 5.74) is 0.725. The largest absolute Gasteiger partial charge is 0.460 e. The molecule has 1 aliphatic carbocycles. The van der Waals surface area contributed by atoms with E-state index in [1.165, 1.54) is 23.5 Å². The number of amides is 4. The number of rotatable bonds is 21. The lowest BCUT2D eigenvalue weighted by Crippen LogP contribution is -2.58. The zero-order chi connectivity index (χ0) is 47.3. The average molecular weight is 915 g/mol. The molecular weight excluding hydrogens is 840 g/mol. The number of esters is 1. The number of carbonyl (C=O) groups is 5. The Morgan fingerprint density at radius 3 is 2.42 bits per heavy atom. The van der Waals surface area contributed by atoms with Crippen molar-refractivity contribution < 1.29 is 42.6 Å². The van der Waals surface area contributed by atoms with Gasteiger partial charge in [0.25, 0.3) is 5.91 Å². The quantitative estimate of drug-likeness (QED) is 0.106. The van der Waals surface area contributed by atoms with E-state index in [0.717, 1.165) is 45.1 Å². The van der Waals surface area contributed by atoms with Crippen molar-refractivity contribution in [1.82, 2.24) is 30.7 Å². The van der Waals surface area contributed by atoms with Gasteiger partial charge in [0.15, 0.2) is 0 Å². The fourth-order valence-electron chi connectivity index (χ4n) is 8.51. The maximum absolute atomic E-state index is 14.7. The molecule has 0 bridgehead atoms. The van der Waals surface area contributed by atoms with Gasteiger partial charge < -0.3 is 35.1 Å². The predicted octanol–water partition coefficient (Wildman–Crippen LogP) is 7.70. The van der Waals surface area contributed by atoms with E-state index < -0.39 is 59.6 Å². The van der Waals surface area contributed by atoms with Gasteiger partial charge in [0.1, 0.15) is 40.4 Å². The molecule has 3 N–H and O–H groups in total. The molecule has 0 spiro atoms. The molecular formula is C48H75FN6O8S. The number of piperidine rings is 1. The number of ether oxygens (including phenoxy) is 3. The zero-order valence-electron chi connectivity index (χ0n) is 40.1. The number of alkyl carbamates (subject to hydrolysis) is 1. The van der Waals surface area contributed by atoms with E-state index >= 15 is 0 Å². The summed E-state index contributed by atoms with van der Waals surface area (Å²) < 4.78 is 32.0. The zero-order valence-corrected chi connectivity index (χ0v) is 40.9. The fourth-order valence-corrected chi connectivity index (χ4v) is 9.37. The van der Waals surface area contributed by atoms with Crippen molar-refractivity contribution >= 4 is 41.1 Å². The number of fused-ring (bicyclic) bond motifs is 1. The number of nitrogens with one attached hydrogen (secondary N) is 3. The van der Waals surface area contributed by atoms with Crippen LogP contribution in [0.1, 0.15) is 159 Å². The lowest BCUT2D eigenvalue weighted by molar-refractivity contribution is -0.150. The number of likely N-dealkylation sites (tertiary alicyclic amines) is 1. The van der Waals surface area contributed by atoms with Crippen LogP contribution in [0.4, 0.5) is 9.18 Å². The first-order valence-electron chi connectivity index (χ1n) is 23.4. The Kier molecular flexibility index (Phi) is 20.0. The van der Waals surface area contributed by atoms with Crippen LogP contribution in [0.2, 0.25) is 0 Å². The Labute approximate surface area is 384 Å². The molecule has 1 aromatic carbocycles. The number of aromatic nitrogens is 1. The van der Waals surface area contributed by atoms with Crippen molar-refractivity contribution in [2.75, 3.05) is 33.3 Å². The first kappa shape index (κ1) is 52.5. The van der Waals surface area contributed by atoms with Gasteiger partial charge in [0, 0.05) is 37.0 Å². The summed E-state index contributed by atoms with van der Waals surface area (Å²) in [4.78, 5) is 76.9. The van der Waals surface area contributed by atoms with Crippen molar-refractivity contribution in [1.29, 1.82) is 0 Å². The van der Waals surface area contributed by atoms with Crippen molar-refractivity contribution in [3.8, 4) is 0 Å². The van der Waals surface area contributed by atoms with Crippen LogP contribution < -0.4 is 16.0 Å². The van der Waals surface area contributed by atoms with Crippen LogP contribution in [0.25, 0.3) is 0 Å². The third kappa shape index (κ3) is 14.9. The van der Waals surface area contributed by atoms with Gasteiger partial charge in [-0.25, -0.2) is 14.2 Å². The van der Waals surface area contributed by atoms with Crippen molar-refractivity contribution in [3.63, 3.8) is 0 Å². The van der Waals surface area contributed by atoms with E-state index in [1.807, 2.05) is 39.6 Å². The maximum Gasteiger partial charge on any atom is 0.407 e. The minimum absolute atomic E-state index is 0.0126. The standard InChI is InChI=1S/C48H75FN6O8S/c1-12-20-55(45(58)41(30(6)14-3)53-43(57)38-17-15-16-21-54(38)11)39(29(4)5)26-40(61-22-13-2)44-52-37(28-64-44)42(56)51-34-23-32-18-19-33(49)24-35(32)36(25-34)46(59)62-31(7)27-50-47(60)63-48(8,9)10/h18-19,24,28-31,34,36,38-41H,12-17,20-23,25-27H2,1-11H3,(H,50,60)(H,51,56)(H,53,57)/t30-,31?,34-,36+,38+,39?,40+,41-/m0/s1. The van der Waals surface area contributed by atoms with Crippen LogP contribution in [-0.4, -0.2) is 114 Å². The molecule has 358 valence electrons. The number of benzene rings is 1. The van der Waals surface area contributed by atoms with Gasteiger partial charge in [-0.1, -0.05) is 60.5 Å². The van der Waals surface area contributed by atoms with Crippen molar-refractivity contribution in [3.05, 3.63) is 51.2 Å². The summed E-state index contributed by atoms with van der Waals surface area (Å²) >= 11 is 1.32.